The Balaban J connectivity index is 2.82. The fourth-order valence-corrected chi connectivity index (χ4v) is 1.27. The van der Waals surface area contributed by atoms with Crippen LogP contribution >= 0.6 is 0 Å². The average Bonchev–Trinajstić information content (AvgIpc) is 2.25. The second-order valence-corrected chi connectivity index (χ2v) is 4.21. The van der Waals surface area contributed by atoms with Crippen LogP contribution in [-0.2, 0) is 0 Å². The van der Waals surface area contributed by atoms with Crippen LogP contribution in [0.3, 0.4) is 0 Å². The molecule has 0 aliphatic carbocycles. The average molecular weight is 241 g/mol. The van der Waals surface area contributed by atoms with E-state index < -0.39 is 10.7 Å². The molecule has 0 bridgehead atoms. The highest BCUT2D eigenvalue weighted by Gasteiger charge is 2.15. The number of rotatable bonds is 5. The first-order valence-corrected chi connectivity index (χ1v) is 5.35. The van der Waals surface area contributed by atoms with Crippen molar-refractivity contribution in [3.63, 3.8) is 0 Å². The zero-order valence-electron chi connectivity index (χ0n) is 9.81. The van der Waals surface area contributed by atoms with Crippen molar-refractivity contribution < 1.29 is 9.31 Å². The number of halogens is 1. The van der Waals surface area contributed by atoms with Crippen LogP contribution in [-0.4, -0.2) is 17.5 Å². The fraction of sp³-hybridized carbons (Fsp3) is 0.455. The summed E-state index contributed by atoms with van der Waals surface area (Å²) in [5.74, 6) is -0.272. The number of hydrogen-bond acceptors (Lipinski definition) is 4. The van der Waals surface area contributed by atoms with E-state index in [1.54, 1.807) is 0 Å². The molecule has 0 spiro atoms. The van der Waals surface area contributed by atoms with E-state index in [0.29, 0.717) is 6.54 Å². The highest BCUT2D eigenvalue weighted by molar-refractivity contribution is 5.61. The number of hydrogen-bond donors (Lipinski definition) is 2. The smallest absolute Gasteiger partial charge is 0.292 e. The molecule has 0 aromatic heterocycles. The van der Waals surface area contributed by atoms with Gasteiger partial charge in [0.2, 0.25) is 0 Å². The van der Waals surface area contributed by atoms with Gasteiger partial charge in [-0.1, -0.05) is 13.8 Å². The normalized spacial score (nSPS) is 12.5. The van der Waals surface area contributed by atoms with Crippen LogP contribution < -0.4 is 11.1 Å². The maximum Gasteiger partial charge on any atom is 0.292 e. The quantitative estimate of drug-likeness (QED) is 0.611. The van der Waals surface area contributed by atoms with Gasteiger partial charge in [-0.2, -0.15) is 0 Å². The van der Waals surface area contributed by atoms with Gasteiger partial charge in [0.1, 0.15) is 11.5 Å². The van der Waals surface area contributed by atoms with Crippen LogP contribution in [0, 0.1) is 21.8 Å². The van der Waals surface area contributed by atoms with Crippen molar-refractivity contribution in [3.05, 3.63) is 34.1 Å². The van der Waals surface area contributed by atoms with Gasteiger partial charge in [-0.05, 0) is 12.0 Å². The summed E-state index contributed by atoms with van der Waals surface area (Å²) >= 11 is 0. The highest BCUT2D eigenvalue weighted by atomic mass is 19.1. The van der Waals surface area contributed by atoms with Crippen LogP contribution in [0.15, 0.2) is 18.2 Å². The number of nitrogens with zero attached hydrogens (tertiary/aromatic N) is 1. The minimum absolute atomic E-state index is 0.141. The van der Waals surface area contributed by atoms with Crippen molar-refractivity contribution in [2.24, 2.45) is 11.7 Å². The van der Waals surface area contributed by atoms with Gasteiger partial charge in [-0.25, -0.2) is 4.39 Å². The molecule has 94 valence electrons. The van der Waals surface area contributed by atoms with Crippen molar-refractivity contribution >= 4 is 11.4 Å². The van der Waals surface area contributed by atoms with Crippen molar-refractivity contribution in [3.8, 4) is 0 Å². The van der Waals surface area contributed by atoms with Crippen LogP contribution in [0.2, 0.25) is 0 Å². The third-order valence-corrected chi connectivity index (χ3v) is 2.54. The zero-order chi connectivity index (χ0) is 13.0. The third-order valence-electron chi connectivity index (χ3n) is 2.54. The number of nitrogens with two attached hydrogens (primary N) is 1. The molecule has 0 saturated carbocycles. The van der Waals surface area contributed by atoms with Gasteiger partial charge < -0.3 is 11.1 Å². The summed E-state index contributed by atoms with van der Waals surface area (Å²) in [7, 11) is 0. The van der Waals surface area contributed by atoms with E-state index in [1.165, 1.54) is 0 Å². The number of anilines is 1. The Bertz CT molecular complexity index is 410. The molecule has 1 unspecified atom stereocenters. The minimum atomic E-state index is -0.553. The fourth-order valence-electron chi connectivity index (χ4n) is 1.27. The minimum Gasteiger partial charge on any atom is -0.378 e. The Kier molecular flexibility index (Phi) is 4.39. The van der Waals surface area contributed by atoms with Crippen molar-refractivity contribution in [2.45, 2.75) is 19.9 Å². The first kappa shape index (κ1) is 13.4. The number of nitro benzene ring substituents is 1. The molecule has 0 radical (unpaired) electrons. The molecule has 0 fully saturated rings. The Hall–Kier alpha value is -1.69. The lowest BCUT2D eigenvalue weighted by Gasteiger charge is -2.16. The second-order valence-electron chi connectivity index (χ2n) is 4.21. The third kappa shape index (κ3) is 3.67. The van der Waals surface area contributed by atoms with Crippen LogP contribution in [0.25, 0.3) is 0 Å². The molecule has 0 aliphatic heterocycles. The summed E-state index contributed by atoms with van der Waals surface area (Å²) in [5.41, 5.74) is 5.81. The van der Waals surface area contributed by atoms with Gasteiger partial charge in [0.25, 0.3) is 5.69 Å². The highest BCUT2D eigenvalue weighted by Crippen LogP contribution is 2.24. The second kappa shape index (κ2) is 5.58. The molecule has 3 N–H and O–H groups in total. The summed E-state index contributed by atoms with van der Waals surface area (Å²) in [4.78, 5) is 10.2. The van der Waals surface area contributed by atoms with E-state index >= 15 is 0 Å². The largest absolute Gasteiger partial charge is 0.378 e. The molecule has 1 aromatic rings. The van der Waals surface area contributed by atoms with E-state index in [4.69, 9.17) is 5.73 Å². The molecule has 1 aromatic carbocycles. The van der Waals surface area contributed by atoms with E-state index in [1.807, 2.05) is 13.8 Å². The van der Waals surface area contributed by atoms with Crippen molar-refractivity contribution in [1.82, 2.24) is 0 Å². The van der Waals surface area contributed by atoms with E-state index in [-0.39, 0.29) is 23.3 Å². The van der Waals surface area contributed by atoms with Gasteiger partial charge in [-0.3, -0.25) is 10.1 Å². The maximum atomic E-state index is 13.0. The van der Waals surface area contributed by atoms with E-state index in [2.05, 4.69) is 5.32 Å². The molecule has 0 amide bonds. The topological polar surface area (TPSA) is 81.2 Å². The SMILES string of the molecule is CC(C)C(N)CNc1cc(F)ccc1[N+](=O)[O-]. The lowest BCUT2D eigenvalue weighted by atomic mass is 10.1. The van der Waals surface area contributed by atoms with E-state index in [9.17, 15) is 14.5 Å². The summed E-state index contributed by atoms with van der Waals surface area (Å²) in [5, 5.41) is 13.5. The monoisotopic (exact) mass is 241 g/mol. The predicted octanol–water partition coefficient (Wildman–Crippen LogP) is 2.13. The number of benzene rings is 1. The lowest BCUT2D eigenvalue weighted by molar-refractivity contribution is -0.384. The molecule has 0 saturated heterocycles. The molecular weight excluding hydrogens is 225 g/mol. The Morgan fingerprint density at radius 1 is 1.53 bits per heavy atom. The zero-order valence-corrected chi connectivity index (χ0v) is 9.81. The van der Waals surface area contributed by atoms with Crippen LogP contribution in [0.1, 0.15) is 13.8 Å². The molecule has 5 nitrogen and oxygen atoms in total. The Morgan fingerprint density at radius 3 is 2.71 bits per heavy atom. The van der Waals surface area contributed by atoms with Gasteiger partial charge in [0.15, 0.2) is 0 Å². The number of nitro groups is 1. The first-order chi connectivity index (χ1) is 7.91. The van der Waals surface area contributed by atoms with Crippen LogP contribution in [0.4, 0.5) is 15.8 Å². The van der Waals surface area contributed by atoms with Gasteiger partial charge in [0, 0.05) is 24.7 Å². The lowest BCUT2D eigenvalue weighted by Crippen LogP contribution is -2.34. The predicted molar refractivity (Wildman–Crippen MR) is 64.4 cm³/mol. The molecule has 17 heavy (non-hydrogen) atoms. The van der Waals surface area contributed by atoms with Crippen molar-refractivity contribution in [1.29, 1.82) is 0 Å². The maximum absolute atomic E-state index is 13.0. The standard InChI is InChI=1S/C11H16FN3O2/c1-7(2)9(13)6-14-10-5-8(12)3-4-11(10)15(16)17/h3-5,7,9,14H,6,13H2,1-2H3. The molecular formula is C11H16FN3O2. The molecule has 0 heterocycles. The summed E-state index contributed by atoms with van der Waals surface area (Å²) in [6.45, 7) is 4.26. The molecule has 6 heteroatoms. The first-order valence-electron chi connectivity index (χ1n) is 5.35. The van der Waals surface area contributed by atoms with Gasteiger partial charge in [0.05, 0.1) is 4.92 Å². The number of nitrogens with one attached hydrogen (secondary N) is 1. The van der Waals surface area contributed by atoms with Gasteiger partial charge >= 0.3 is 0 Å². The Morgan fingerprint density at radius 2 is 2.18 bits per heavy atom. The summed E-state index contributed by atoms with van der Waals surface area (Å²) in [6.07, 6.45) is 0. The van der Waals surface area contributed by atoms with Crippen LogP contribution in [0.5, 0.6) is 0 Å². The van der Waals surface area contributed by atoms with E-state index in [0.717, 1.165) is 18.2 Å². The molecule has 1 atom stereocenters. The summed E-state index contributed by atoms with van der Waals surface area (Å²) < 4.78 is 13.0. The molecule has 0 aliphatic rings. The summed E-state index contributed by atoms with van der Waals surface area (Å²) in [6, 6.07) is 3.16. The van der Waals surface area contributed by atoms with Gasteiger partial charge in [-0.15, -0.1) is 0 Å². The Labute approximate surface area is 99.0 Å². The molecule has 1 rings (SSSR count). The van der Waals surface area contributed by atoms with Crippen molar-refractivity contribution in [2.75, 3.05) is 11.9 Å².